The second-order valence-corrected chi connectivity index (χ2v) is 7.39. The summed E-state index contributed by atoms with van der Waals surface area (Å²) in [7, 11) is 0. The van der Waals surface area contributed by atoms with E-state index in [0.29, 0.717) is 13.0 Å². The van der Waals surface area contributed by atoms with E-state index in [4.69, 9.17) is 15.0 Å². The van der Waals surface area contributed by atoms with E-state index in [1.54, 1.807) is 20.8 Å². The van der Waals surface area contributed by atoms with Crippen LogP contribution in [0.15, 0.2) is 59.7 Å². The Kier molecular flexibility index (Phi) is 7.72. The van der Waals surface area contributed by atoms with Gasteiger partial charge in [-0.15, -0.1) is 0 Å². The van der Waals surface area contributed by atoms with Gasteiger partial charge in [0.25, 0.3) is 0 Å². The molecule has 0 aromatic heterocycles. The lowest BCUT2D eigenvalue weighted by molar-refractivity contribution is 0.0505. The Labute approximate surface area is 165 Å². The predicted molar refractivity (Wildman–Crippen MR) is 106 cm³/mol. The molecule has 2 aromatic carbocycles. The number of hydrogen-bond donors (Lipinski definition) is 2. The first-order chi connectivity index (χ1) is 13.4. The Bertz CT molecular complexity index is 795. The van der Waals surface area contributed by atoms with Crippen LogP contribution < -0.4 is 15.0 Å². The minimum atomic E-state index is -0.580. The standard InChI is InChI=1S/C21H26N4O3/c1-21(2,3)28-20(26)24-18(14-23-25-22)13-16-9-11-19(12-10-16)27-15-17-7-5-4-6-8-17/h4-12,18,22H,13-15H2,1-3H3/p+1. The highest BCUT2D eigenvalue weighted by atomic mass is 16.6. The molecule has 7 nitrogen and oxygen atoms in total. The van der Waals surface area contributed by atoms with E-state index in [1.807, 2.05) is 54.6 Å². The molecule has 148 valence electrons. The van der Waals surface area contributed by atoms with Crippen LogP contribution in [0.3, 0.4) is 0 Å². The molecule has 0 fully saturated rings. The maximum absolute atomic E-state index is 12.0. The fraction of sp³-hybridized carbons (Fsp3) is 0.381. The minimum absolute atomic E-state index is 0.203. The highest BCUT2D eigenvalue weighted by Gasteiger charge is 2.20. The van der Waals surface area contributed by atoms with Crippen molar-refractivity contribution < 1.29 is 14.3 Å². The largest absolute Gasteiger partial charge is 0.489 e. The summed E-state index contributed by atoms with van der Waals surface area (Å²) in [4.78, 5) is 15.1. The van der Waals surface area contributed by atoms with Crippen molar-refractivity contribution in [2.45, 2.75) is 45.4 Å². The third kappa shape index (κ3) is 8.01. The molecule has 1 unspecified atom stereocenters. The van der Waals surface area contributed by atoms with E-state index < -0.39 is 11.7 Å². The van der Waals surface area contributed by atoms with Crippen LogP contribution in [-0.4, -0.2) is 24.3 Å². The predicted octanol–water partition coefficient (Wildman–Crippen LogP) is 4.25. The Hall–Kier alpha value is -3.18. The van der Waals surface area contributed by atoms with Crippen LogP contribution in [0.2, 0.25) is 0 Å². The first-order valence-corrected chi connectivity index (χ1v) is 9.14. The average molecular weight is 383 g/mol. The summed E-state index contributed by atoms with van der Waals surface area (Å²) in [5, 5.41) is 6.48. The molecule has 0 radical (unpaired) electrons. The summed E-state index contributed by atoms with van der Waals surface area (Å²) in [5.74, 6) is 0.773. The molecule has 7 heteroatoms. The van der Waals surface area contributed by atoms with E-state index >= 15 is 0 Å². The zero-order valence-electron chi connectivity index (χ0n) is 16.5. The molecular formula is C21H27N4O3+. The van der Waals surface area contributed by atoms with E-state index in [1.165, 1.54) is 0 Å². The monoisotopic (exact) mass is 383 g/mol. The van der Waals surface area contributed by atoms with Gasteiger partial charge in [-0.25, -0.2) is 4.79 Å². The molecule has 0 aliphatic heterocycles. The normalized spacial score (nSPS) is 11.8. The summed E-state index contributed by atoms with van der Waals surface area (Å²) >= 11 is 0. The number of alkyl carbamates (subject to hydrolysis) is 1. The second kappa shape index (κ2) is 10.2. The molecule has 1 amide bonds. The molecule has 0 saturated heterocycles. The lowest BCUT2D eigenvalue weighted by Crippen LogP contribution is -2.41. The van der Waals surface area contributed by atoms with Gasteiger partial charge in [0.2, 0.25) is 4.91 Å². The number of benzene rings is 2. The smallest absolute Gasteiger partial charge is 0.407 e. The Morgan fingerprint density at radius 1 is 1.11 bits per heavy atom. The molecule has 1 atom stereocenters. The topological polar surface area (TPSA) is 97.9 Å². The highest BCUT2D eigenvalue weighted by Crippen LogP contribution is 2.16. The first kappa shape index (κ1) is 21.1. The van der Waals surface area contributed by atoms with Gasteiger partial charge in [-0.05, 0) is 50.5 Å². The zero-order valence-corrected chi connectivity index (χ0v) is 16.5. The van der Waals surface area contributed by atoms with Gasteiger partial charge in [0.1, 0.15) is 35.1 Å². The molecule has 2 N–H and O–H groups in total. The van der Waals surface area contributed by atoms with Gasteiger partial charge in [-0.2, -0.15) is 0 Å². The third-order valence-corrected chi connectivity index (χ3v) is 3.75. The molecule has 0 aliphatic carbocycles. The van der Waals surface area contributed by atoms with Gasteiger partial charge in [-0.3, -0.25) is 0 Å². The SMILES string of the molecule is CC(C)(C)OC(=O)NC(CN=[N+]=N)Cc1ccc(OCc2ccccc2)cc1. The van der Waals surface area contributed by atoms with Gasteiger partial charge in [0.15, 0.2) is 0 Å². The zero-order chi connectivity index (χ0) is 20.4. The number of amides is 1. The van der Waals surface area contributed by atoms with Crippen LogP contribution in [0.4, 0.5) is 4.79 Å². The highest BCUT2D eigenvalue weighted by molar-refractivity contribution is 5.68. The van der Waals surface area contributed by atoms with E-state index in [-0.39, 0.29) is 12.6 Å². The maximum atomic E-state index is 12.0. The fourth-order valence-electron chi connectivity index (χ4n) is 2.52. The Balaban J connectivity index is 1.93. The molecular weight excluding hydrogens is 356 g/mol. The van der Waals surface area contributed by atoms with Gasteiger partial charge in [0.05, 0.1) is 6.04 Å². The summed E-state index contributed by atoms with van der Waals surface area (Å²) in [6.45, 7) is 6.12. The van der Waals surface area contributed by atoms with Crippen LogP contribution in [0.25, 0.3) is 0 Å². The molecule has 0 heterocycles. The molecule has 28 heavy (non-hydrogen) atoms. The van der Waals surface area contributed by atoms with Crippen molar-refractivity contribution >= 4 is 6.09 Å². The quantitative estimate of drug-likeness (QED) is 0.526. The molecule has 0 bridgehead atoms. The average Bonchev–Trinajstić information content (AvgIpc) is 2.65. The van der Waals surface area contributed by atoms with Crippen molar-refractivity contribution in [2.75, 3.05) is 6.54 Å². The molecule has 0 saturated carbocycles. The van der Waals surface area contributed by atoms with Crippen LogP contribution in [0.1, 0.15) is 31.9 Å². The number of ether oxygens (including phenoxy) is 2. The van der Waals surface area contributed by atoms with E-state index in [9.17, 15) is 4.79 Å². The number of nitrogens with zero attached hydrogens (tertiary/aromatic N) is 2. The maximum Gasteiger partial charge on any atom is 0.407 e. The summed E-state index contributed by atoms with van der Waals surface area (Å²) in [6, 6.07) is 17.3. The second-order valence-electron chi connectivity index (χ2n) is 7.39. The number of nitrogens with one attached hydrogen (secondary N) is 2. The fourth-order valence-corrected chi connectivity index (χ4v) is 2.52. The van der Waals surface area contributed by atoms with Crippen LogP contribution in [0.5, 0.6) is 5.75 Å². The number of carbonyl (C=O) groups excluding carboxylic acids is 1. The van der Waals surface area contributed by atoms with Crippen LogP contribution in [0, 0.1) is 5.53 Å². The molecule has 0 aliphatic rings. The van der Waals surface area contributed by atoms with E-state index in [0.717, 1.165) is 16.9 Å². The van der Waals surface area contributed by atoms with E-state index in [2.05, 4.69) is 15.3 Å². The van der Waals surface area contributed by atoms with Crippen molar-refractivity contribution in [3.05, 3.63) is 65.7 Å². The summed E-state index contributed by atoms with van der Waals surface area (Å²) < 4.78 is 11.1. The van der Waals surface area contributed by atoms with Crippen molar-refractivity contribution in [1.82, 2.24) is 10.2 Å². The minimum Gasteiger partial charge on any atom is -0.489 e. The number of hydrogen-bond acceptors (Lipinski definition) is 5. The number of carbonyl (C=O) groups is 1. The Morgan fingerprint density at radius 2 is 1.79 bits per heavy atom. The first-order valence-electron chi connectivity index (χ1n) is 9.14. The number of rotatable bonds is 8. The molecule has 0 spiro atoms. The summed E-state index contributed by atoms with van der Waals surface area (Å²) in [5.41, 5.74) is 8.38. The molecule has 2 aromatic rings. The Morgan fingerprint density at radius 3 is 2.39 bits per heavy atom. The summed E-state index contributed by atoms with van der Waals surface area (Å²) in [6.07, 6.45) is 0.0255. The van der Waals surface area contributed by atoms with Crippen molar-refractivity contribution in [3.8, 4) is 5.75 Å². The third-order valence-electron chi connectivity index (χ3n) is 3.75. The van der Waals surface area contributed by atoms with Gasteiger partial charge in [0, 0.05) is 0 Å². The van der Waals surface area contributed by atoms with Gasteiger partial charge >= 0.3 is 6.09 Å². The van der Waals surface area contributed by atoms with Crippen LogP contribution >= 0.6 is 0 Å². The van der Waals surface area contributed by atoms with Crippen LogP contribution in [-0.2, 0) is 17.8 Å². The lowest BCUT2D eigenvalue weighted by Gasteiger charge is -2.22. The van der Waals surface area contributed by atoms with Gasteiger partial charge in [-0.1, -0.05) is 42.5 Å². The lowest BCUT2D eigenvalue weighted by atomic mass is 10.1. The molecule has 2 rings (SSSR count). The van der Waals surface area contributed by atoms with Gasteiger partial charge < -0.3 is 14.8 Å². The van der Waals surface area contributed by atoms with Crippen molar-refractivity contribution in [3.63, 3.8) is 0 Å². The van der Waals surface area contributed by atoms with Crippen molar-refractivity contribution in [2.24, 2.45) is 5.11 Å². The van der Waals surface area contributed by atoms with Crippen molar-refractivity contribution in [1.29, 1.82) is 5.53 Å².